The number of nitrogens with one attached hydrogen (secondary N) is 1. The Morgan fingerprint density at radius 3 is 2.57 bits per heavy atom. The summed E-state index contributed by atoms with van der Waals surface area (Å²) in [6.45, 7) is 2.03. The molecule has 112 valence electrons. The molecular formula is C16H20ClN3O. The third-order valence-corrected chi connectivity index (χ3v) is 4.17. The Labute approximate surface area is 130 Å². The van der Waals surface area contributed by atoms with Crippen molar-refractivity contribution in [2.45, 2.75) is 25.0 Å². The van der Waals surface area contributed by atoms with E-state index < -0.39 is 0 Å². The second-order valence-corrected chi connectivity index (χ2v) is 5.83. The van der Waals surface area contributed by atoms with Gasteiger partial charge in [0.25, 0.3) is 0 Å². The van der Waals surface area contributed by atoms with Gasteiger partial charge in [-0.25, -0.2) is 0 Å². The van der Waals surface area contributed by atoms with Crippen molar-refractivity contribution in [3.8, 4) is 0 Å². The van der Waals surface area contributed by atoms with Gasteiger partial charge < -0.3 is 10.1 Å². The SMILES string of the molecule is Cn1nccc1C(OC1CCNCC1)c1ccc(Cl)cc1. The molecule has 0 radical (unpaired) electrons. The molecule has 3 rings (SSSR count). The molecule has 2 heterocycles. The number of aromatic nitrogens is 2. The first-order valence-electron chi connectivity index (χ1n) is 7.33. The highest BCUT2D eigenvalue weighted by atomic mass is 35.5. The van der Waals surface area contributed by atoms with Crippen LogP contribution in [-0.2, 0) is 11.8 Å². The van der Waals surface area contributed by atoms with Crippen LogP contribution in [0.1, 0.15) is 30.2 Å². The second kappa shape index (κ2) is 6.60. The third kappa shape index (κ3) is 3.46. The minimum Gasteiger partial charge on any atom is -0.364 e. The van der Waals surface area contributed by atoms with Crippen LogP contribution in [0.25, 0.3) is 0 Å². The molecule has 1 aliphatic rings. The molecule has 0 saturated carbocycles. The molecular weight excluding hydrogens is 286 g/mol. The van der Waals surface area contributed by atoms with Gasteiger partial charge in [-0.05, 0) is 49.7 Å². The molecule has 1 aromatic carbocycles. The first kappa shape index (κ1) is 14.6. The molecule has 1 atom stereocenters. The van der Waals surface area contributed by atoms with Crippen molar-refractivity contribution in [2.24, 2.45) is 7.05 Å². The van der Waals surface area contributed by atoms with Gasteiger partial charge in [-0.15, -0.1) is 0 Å². The highest BCUT2D eigenvalue weighted by Crippen LogP contribution is 2.29. The molecule has 1 aliphatic heterocycles. The summed E-state index contributed by atoms with van der Waals surface area (Å²) in [5, 5.41) is 8.38. The van der Waals surface area contributed by atoms with E-state index in [0.29, 0.717) is 0 Å². The number of nitrogens with zero attached hydrogens (tertiary/aromatic N) is 2. The van der Waals surface area contributed by atoms with Crippen LogP contribution in [-0.4, -0.2) is 29.0 Å². The zero-order valence-electron chi connectivity index (χ0n) is 12.1. The quantitative estimate of drug-likeness (QED) is 0.944. The van der Waals surface area contributed by atoms with E-state index in [0.717, 1.165) is 42.2 Å². The molecule has 2 aromatic rings. The van der Waals surface area contributed by atoms with Gasteiger partial charge in [0.1, 0.15) is 6.10 Å². The summed E-state index contributed by atoms with van der Waals surface area (Å²) < 4.78 is 8.27. The Balaban J connectivity index is 1.87. The summed E-state index contributed by atoms with van der Waals surface area (Å²) in [7, 11) is 1.95. The molecule has 0 aliphatic carbocycles. The number of aryl methyl sites for hydroxylation is 1. The van der Waals surface area contributed by atoms with Crippen molar-refractivity contribution in [3.05, 3.63) is 52.8 Å². The van der Waals surface area contributed by atoms with Gasteiger partial charge in [0.05, 0.1) is 11.8 Å². The zero-order chi connectivity index (χ0) is 14.7. The average Bonchev–Trinajstić information content (AvgIpc) is 2.93. The lowest BCUT2D eigenvalue weighted by molar-refractivity contribution is -0.0115. The molecule has 21 heavy (non-hydrogen) atoms. The first-order valence-corrected chi connectivity index (χ1v) is 7.71. The third-order valence-electron chi connectivity index (χ3n) is 3.91. The molecule has 1 aromatic heterocycles. The molecule has 5 heteroatoms. The van der Waals surface area contributed by atoms with Crippen LogP contribution in [0, 0.1) is 0 Å². The molecule has 0 bridgehead atoms. The van der Waals surface area contributed by atoms with Crippen LogP contribution in [0.15, 0.2) is 36.5 Å². The van der Waals surface area contributed by atoms with E-state index >= 15 is 0 Å². The van der Waals surface area contributed by atoms with Gasteiger partial charge in [-0.2, -0.15) is 5.10 Å². The largest absolute Gasteiger partial charge is 0.364 e. The summed E-state index contributed by atoms with van der Waals surface area (Å²) in [6.07, 6.45) is 4.08. The Morgan fingerprint density at radius 2 is 1.95 bits per heavy atom. The lowest BCUT2D eigenvalue weighted by atomic mass is 10.0. The molecule has 0 spiro atoms. The Morgan fingerprint density at radius 1 is 1.24 bits per heavy atom. The standard InChI is InChI=1S/C16H20ClN3O/c1-20-15(8-11-19-20)16(12-2-4-13(17)5-3-12)21-14-6-9-18-10-7-14/h2-5,8,11,14,16,18H,6-7,9-10H2,1H3. The van der Waals surface area contributed by atoms with Gasteiger partial charge >= 0.3 is 0 Å². The number of ether oxygens (including phenoxy) is 1. The van der Waals surface area contributed by atoms with Crippen LogP contribution in [0.2, 0.25) is 5.02 Å². The Bertz CT molecular complexity index is 575. The number of piperidine rings is 1. The van der Waals surface area contributed by atoms with Gasteiger partial charge in [0.2, 0.25) is 0 Å². The van der Waals surface area contributed by atoms with E-state index in [1.54, 1.807) is 0 Å². The topological polar surface area (TPSA) is 39.1 Å². The van der Waals surface area contributed by atoms with Crippen LogP contribution >= 0.6 is 11.6 Å². The van der Waals surface area contributed by atoms with Crippen molar-refractivity contribution in [1.29, 1.82) is 0 Å². The fraction of sp³-hybridized carbons (Fsp3) is 0.438. The molecule has 1 unspecified atom stereocenters. The van der Waals surface area contributed by atoms with E-state index in [1.165, 1.54) is 0 Å². The highest BCUT2D eigenvalue weighted by Gasteiger charge is 2.23. The van der Waals surface area contributed by atoms with Crippen molar-refractivity contribution in [3.63, 3.8) is 0 Å². The average molecular weight is 306 g/mol. The van der Waals surface area contributed by atoms with E-state index in [2.05, 4.69) is 10.4 Å². The van der Waals surface area contributed by atoms with Crippen LogP contribution in [0.5, 0.6) is 0 Å². The van der Waals surface area contributed by atoms with Crippen molar-refractivity contribution >= 4 is 11.6 Å². The van der Waals surface area contributed by atoms with Crippen LogP contribution < -0.4 is 5.32 Å². The first-order chi connectivity index (χ1) is 10.2. The number of halogens is 1. The van der Waals surface area contributed by atoms with Crippen molar-refractivity contribution < 1.29 is 4.74 Å². The maximum absolute atomic E-state index is 6.40. The molecule has 0 amide bonds. The highest BCUT2D eigenvalue weighted by molar-refractivity contribution is 6.30. The minimum atomic E-state index is -0.0992. The number of benzene rings is 1. The zero-order valence-corrected chi connectivity index (χ0v) is 12.9. The van der Waals surface area contributed by atoms with Gasteiger partial charge in [-0.3, -0.25) is 4.68 Å². The summed E-state index contributed by atoms with van der Waals surface area (Å²) in [5.41, 5.74) is 2.18. The van der Waals surface area contributed by atoms with E-state index in [1.807, 2.05) is 48.3 Å². The summed E-state index contributed by atoms with van der Waals surface area (Å²) in [4.78, 5) is 0. The Kier molecular flexibility index (Phi) is 4.58. The smallest absolute Gasteiger partial charge is 0.124 e. The summed E-state index contributed by atoms with van der Waals surface area (Å²) in [5.74, 6) is 0. The lowest BCUT2D eigenvalue weighted by Gasteiger charge is -2.28. The van der Waals surface area contributed by atoms with E-state index in [9.17, 15) is 0 Å². The number of hydrogen-bond donors (Lipinski definition) is 1. The van der Waals surface area contributed by atoms with Crippen LogP contribution in [0.3, 0.4) is 0 Å². The van der Waals surface area contributed by atoms with Crippen LogP contribution in [0.4, 0.5) is 0 Å². The van der Waals surface area contributed by atoms with Gasteiger partial charge in [-0.1, -0.05) is 23.7 Å². The van der Waals surface area contributed by atoms with Crippen molar-refractivity contribution in [2.75, 3.05) is 13.1 Å². The van der Waals surface area contributed by atoms with Gasteiger partial charge in [0.15, 0.2) is 0 Å². The predicted octanol–water partition coefficient (Wildman–Crippen LogP) is 2.93. The Hall–Kier alpha value is -1.36. The molecule has 4 nitrogen and oxygen atoms in total. The van der Waals surface area contributed by atoms with Gasteiger partial charge in [0, 0.05) is 18.3 Å². The maximum atomic E-state index is 6.40. The van der Waals surface area contributed by atoms with Crippen molar-refractivity contribution in [1.82, 2.24) is 15.1 Å². The minimum absolute atomic E-state index is 0.0992. The van der Waals surface area contributed by atoms with E-state index in [4.69, 9.17) is 16.3 Å². The monoisotopic (exact) mass is 305 g/mol. The molecule has 1 fully saturated rings. The molecule has 1 saturated heterocycles. The summed E-state index contributed by atoms with van der Waals surface area (Å²) in [6, 6.07) is 9.89. The maximum Gasteiger partial charge on any atom is 0.124 e. The summed E-state index contributed by atoms with van der Waals surface area (Å²) >= 11 is 6.00. The number of hydrogen-bond acceptors (Lipinski definition) is 3. The fourth-order valence-corrected chi connectivity index (χ4v) is 2.85. The number of rotatable bonds is 4. The predicted molar refractivity (Wildman–Crippen MR) is 83.5 cm³/mol. The second-order valence-electron chi connectivity index (χ2n) is 5.40. The van der Waals surface area contributed by atoms with E-state index in [-0.39, 0.29) is 12.2 Å². The molecule has 1 N–H and O–H groups in total. The fourth-order valence-electron chi connectivity index (χ4n) is 2.72. The lowest BCUT2D eigenvalue weighted by Crippen LogP contribution is -2.33. The normalized spacial score (nSPS) is 17.8.